The van der Waals surface area contributed by atoms with Crippen LogP contribution in [0.1, 0.15) is 37.8 Å². The average Bonchev–Trinajstić information content (AvgIpc) is 2.52. The lowest BCUT2D eigenvalue weighted by Gasteiger charge is -2.14. The fourth-order valence-electron chi connectivity index (χ4n) is 2.18. The summed E-state index contributed by atoms with van der Waals surface area (Å²) in [7, 11) is 0. The van der Waals surface area contributed by atoms with Crippen LogP contribution in [0.3, 0.4) is 0 Å². The molecule has 2 heterocycles. The zero-order valence-electron chi connectivity index (χ0n) is 11.2. The van der Waals surface area contributed by atoms with E-state index < -0.39 is 11.8 Å². The van der Waals surface area contributed by atoms with Crippen molar-refractivity contribution in [1.82, 2.24) is 9.97 Å². The van der Waals surface area contributed by atoms with Gasteiger partial charge in [-0.15, -0.1) is 0 Å². The van der Waals surface area contributed by atoms with Crippen LogP contribution in [0.25, 0.3) is 11.4 Å². The van der Waals surface area contributed by atoms with Crippen LogP contribution in [0.15, 0.2) is 30.3 Å². The number of hydrogen-bond acceptors (Lipinski definition) is 6. The lowest BCUT2D eigenvalue weighted by atomic mass is 9.92. The molecule has 2 aromatic rings. The Kier molecular flexibility index (Phi) is 3.10. The van der Waals surface area contributed by atoms with Gasteiger partial charge in [-0.2, -0.15) is 0 Å². The van der Waals surface area contributed by atoms with Gasteiger partial charge in [-0.25, -0.2) is 14.8 Å². The molecule has 1 aliphatic carbocycles. The lowest BCUT2D eigenvalue weighted by Crippen LogP contribution is -2.27. The third-order valence-electron chi connectivity index (χ3n) is 3.25. The number of carboxylic acid groups (broad SMARTS) is 1. The molecule has 0 atom stereocenters. The topological polar surface area (TPSA) is 121 Å². The Morgan fingerprint density at radius 2 is 1.82 bits per heavy atom. The molecule has 0 saturated carbocycles. The fourth-order valence-corrected chi connectivity index (χ4v) is 2.18. The molecule has 2 N–H and O–H groups in total. The van der Waals surface area contributed by atoms with E-state index in [1.165, 1.54) is 24.3 Å². The summed E-state index contributed by atoms with van der Waals surface area (Å²) in [4.78, 5) is 42.8. The monoisotopic (exact) mass is 295 g/mol. The molecule has 2 aromatic heterocycles. The smallest absolute Gasteiger partial charge is 0.354 e. The molecule has 108 valence electrons. The Hall–Kier alpha value is -3.22. The number of hydrogen-bond donors (Lipinski definition) is 2. The zero-order chi connectivity index (χ0) is 15.9. The number of carbonyl (C=O) groups is 3. The van der Waals surface area contributed by atoms with Crippen molar-refractivity contribution in [3.05, 3.63) is 47.3 Å². The third kappa shape index (κ3) is 2.18. The van der Waals surface area contributed by atoms with Gasteiger partial charge in [0.05, 0.1) is 23.5 Å². The van der Waals surface area contributed by atoms with Gasteiger partial charge in [0.2, 0.25) is 5.78 Å². The number of carbonyl (C=O) groups excluding carboxylic acids is 2. The molecule has 0 radical (unpaired) electrons. The summed E-state index contributed by atoms with van der Waals surface area (Å²) in [5.41, 5.74) is 0.208. The van der Waals surface area contributed by atoms with Gasteiger partial charge in [-0.1, -0.05) is 6.07 Å². The van der Waals surface area contributed by atoms with E-state index in [0.29, 0.717) is 0 Å². The molecule has 0 bridgehead atoms. The van der Waals surface area contributed by atoms with Gasteiger partial charge in [-0.05, 0) is 24.3 Å². The maximum absolute atomic E-state index is 12.0. The highest BCUT2D eigenvalue weighted by Gasteiger charge is 2.29. The molecular formula is C15H9N3O4. The van der Waals surface area contributed by atoms with E-state index in [4.69, 9.17) is 10.5 Å². The second kappa shape index (κ2) is 4.96. The standard InChI is InChI=1S/C15H9N3O4/c16-8-6-12(19)7-4-5-10(18-13(7)14(8)20)9-2-1-3-11(17-9)15(21)22/h1-5,16H,6H2,(H,21,22). The molecule has 0 aromatic carbocycles. The van der Waals surface area contributed by atoms with Gasteiger partial charge in [0.15, 0.2) is 5.78 Å². The summed E-state index contributed by atoms with van der Waals surface area (Å²) >= 11 is 0. The maximum atomic E-state index is 12.0. The highest BCUT2D eigenvalue weighted by molar-refractivity contribution is 6.51. The molecule has 0 saturated heterocycles. The minimum atomic E-state index is -1.17. The van der Waals surface area contributed by atoms with E-state index in [0.717, 1.165) is 0 Å². The molecule has 7 heteroatoms. The van der Waals surface area contributed by atoms with Crippen LogP contribution in [0, 0.1) is 5.41 Å². The fraction of sp³-hybridized carbons (Fsp3) is 0.0667. The van der Waals surface area contributed by atoms with E-state index in [1.807, 2.05) is 0 Å². The maximum Gasteiger partial charge on any atom is 0.354 e. The molecule has 0 aliphatic heterocycles. The van der Waals surface area contributed by atoms with Gasteiger partial charge >= 0.3 is 5.97 Å². The summed E-state index contributed by atoms with van der Waals surface area (Å²) < 4.78 is 0. The lowest BCUT2D eigenvalue weighted by molar-refractivity contribution is 0.0690. The molecule has 3 rings (SSSR count). The van der Waals surface area contributed by atoms with Crippen molar-refractivity contribution in [2.75, 3.05) is 0 Å². The number of rotatable bonds is 2. The van der Waals surface area contributed by atoms with Crippen molar-refractivity contribution in [2.45, 2.75) is 6.42 Å². The summed E-state index contributed by atoms with van der Waals surface area (Å²) in [6.07, 6.45) is -0.223. The molecule has 0 amide bonds. The zero-order valence-corrected chi connectivity index (χ0v) is 11.2. The van der Waals surface area contributed by atoms with E-state index in [9.17, 15) is 14.4 Å². The highest BCUT2D eigenvalue weighted by atomic mass is 16.4. The van der Waals surface area contributed by atoms with Crippen LogP contribution in [0.4, 0.5) is 0 Å². The molecule has 22 heavy (non-hydrogen) atoms. The first-order valence-electron chi connectivity index (χ1n) is 6.34. The Labute approximate surface area is 124 Å². The molecule has 1 aliphatic rings. The average molecular weight is 295 g/mol. The second-order valence-corrected chi connectivity index (χ2v) is 4.71. The number of fused-ring (bicyclic) bond motifs is 1. The number of Topliss-reactive ketones (excluding diaryl/α,β-unsaturated/α-hetero) is 2. The van der Waals surface area contributed by atoms with E-state index in [2.05, 4.69) is 9.97 Å². The summed E-state index contributed by atoms with van der Waals surface area (Å²) in [6, 6.07) is 7.38. The van der Waals surface area contributed by atoms with Crippen molar-refractivity contribution < 1.29 is 19.5 Å². The Balaban J connectivity index is 2.13. The van der Waals surface area contributed by atoms with Crippen LogP contribution >= 0.6 is 0 Å². The van der Waals surface area contributed by atoms with Gasteiger partial charge in [0.25, 0.3) is 0 Å². The molecule has 0 unspecified atom stereocenters. The van der Waals surface area contributed by atoms with Crippen molar-refractivity contribution in [3.63, 3.8) is 0 Å². The predicted molar refractivity (Wildman–Crippen MR) is 75.4 cm³/mol. The number of ketones is 2. The van der Waals surface area contributed by atoms with Crippen LogP contribution < -0.4 is 0 Å². The summed E-state index contributed by atoms with van der Waals surface area (Å²) in [5.74, 6) is -2.09. The number of nitrogens with one attached hydrogen (secondary N) is 1. The van der Waals surface area contributed by atoms with Crippen molar-refractivity contribution in [3.8, 4) is 11.4 Å². The number of nitrogens with zero attached hydrogens (tertiary/aromatic N) is 2. The van der Waals surface area contributed by atoms with Crippen LogP contribution in [-0.2, 0) is 0 Å². The summed E-state index contributed by atoms with van der Waals surface area (Å²) in [6.45, 7) is 0. The molecule has 0 fully saturated rings. The minimum Gasteiger partial charge on any atom is -0.477 e. The van der Waals surface area contributed by atoms with Crippen molar-refractivity contribution >= 4 is 23.2 Å². The number of aromatic carboxylic acids is 1. The number of pyridine rings is 2. The Morgan fingerprint density at radius 3 is 2.55 bits per heavy atom. The largest absolute Gasteiger partial charge is 0.477 e. The van der Waals surface area contributed by atoms with Crippen LogP contribution in [0.5, 0.6) is 0 Å². The molecule has 0 spiro atoms. The van der Waals surface area contributed by atoms with Gasteiger partial charge in [-0.3, -0.25) is 9.59 Å². The van der Waals surface area contributed by atoms with Gasteiger partial charge < -0.3 is 10.5 Å². The Morgan fingerprint density at radius 1 is 1.09 bits per heavy atom. The van der Waals surface area contributed by atoms with Crippen molar-refractivity contribution in [1.29, 1.82) is 5.41 Å². The first-order valence-corrected chi connectivity index (χ1v) is 6.34. The van der Waals surface area contributed by atoms with E-state index in [-0.39, 0.29) is 46.3 Å². The van der Waals surface area contributed by atoms with E-state index in [1.54, 1.807) is 6.07 Å². The van der Waals surface area contributed by atoms with E-state index >= 15 is 0 Å². The number of carboxylic acids is 1. The SMILES string of the molecule is N=C1CC(=O)c2ccc(-c3cccc(C(=O)O)n3)nc2C1=O. The highest BCUT2D eigenvalue weighted by Crippen LogP contribution is 2.22. The third-order valence-corrected chi connectivity index (χ3v) is 3.25. The number of aromatic nitrogens is 2. The van der Waals surface area contributed by atoms with Gasteiger partial charge in [0.1, 0.15) is 11.4 Å². The van der Waals surface area contributed by atoms with Gasteiger partial charge in [0, 0.05) is 5.56 Å². The minimum absolute atomic E-state index is 0.0821. The molecule has 7 nitrogen and oxygen atoms in total. The first-order chi connectivity index (χ1) is 10.5. The van der Waals surface area contributed by atoms with Crippen LogP contribution in [-0.4, -0.2) is 38.3 Å². The quantitative estimate of drug-likeness (QED) is 0.868. The molecular weight excluding hydrogens is 286 g/mol. The predicted octanol–water partition coefficient (Wildman–Crippen LogP) is 1.63. The normalized spacial score (nSPS) is 13.9. The second-order valence-electron chi connectivity index (χ2n) is 4.71. The van der Waals surface area contributed by atoms with Crippen LogP contribution in [0.2, 0.25) is 0 Å². The summed E-state index contributed by atoms with van der Waals surface area (Å²) in [5, 5.41) is 16.5. The first kappa shape index (κ1) is 13.7. The van der Waals surface area contributed by atoms with Crippen molar-refractivity contribution in [2.24, 2.45) is 0 Å². The Bertz CT molecular complexity index is 858.